The molecule has 0 aromatic carbocycles. The average molecular weight is 257 g/mol. The van der Waals surface area contributed by atoms with Crippen LogP contribution in [0.3, 0.4) is 0 Å². The second-order valence-corrected chi connectivity index (χ2v) is 6.72. The van der Waals surface area contributed by atoms with Crippen molar-refractivity contribution in [3.05, 3.63) is 12.5 Å². The van der Waals surface area contributed by atoms with E-state index in [9.17, 15) is 8.42 Å². The van der Waals surface area contributed by atoms with Gasteiger partial charge in [0.15, 0.2) is 5.03 Å². The van der Waals surface area contributed by atoms with Crippen molar-refractivity contribution in [2.24, 2.45) is 5.92 Å². The van der Waals surface area contributed by atoms with E-state index in [1.54, 1.807) is 7.05 Å². The lowest BCUT2D eigenvalue weighted by Crippen LogP contribution is -2.32. The Labute approximate surface area is 102 Å². The van der Waals surface area contributed by atoms with Gasteiger partial charge in [-0.3, -0.25) is 0 Å². The molecule has 6 heteroatoms. The quantitative estimate of drug-likeness (QED) is 0.891. The fourth-order valence-corrected chi connectivity index (χ4v) is 3.52. The van der Waals surface area contributed by atoms with Crippen molar-refractivity contribution in [1.29, 1.82) is 0 Å². The van der Waals surface area contributed by atoms with Gasteiger partial charge in [0, 0.05) is 13.6 Å². The van der Waals surface area contributed by atoms with E-state index in [1.807, 2.05) is 0 Å². The SMILES string of the molecule is CN(CC1CCCCC1)S(=O)(=O)c1cnc[nH]1. The van der Waals surface area contributed by atoms with Crippen molar-refractivity contribution in [2.45, 2.75) is 37.1 Å². The molecule has 0 saturated heterocycles. The van der Waals surface area contributed by atoms with Gasteiger partial charge in [0.05, 0.1) is 12.5 Å². The summed E-state index contributed by atoms with van der Waals surface area (Å²) in [5, 5.41) is 0.177. The number of nitrogens with one attached hydrogen (secondary N) is 1. The van der Waals surface area contributed by atoms with Gasteiger partial charge in [-0.1, -0.05) is 19.3 Å². The van der Waals surface area contributed by atoms with Gasteiger partial charge in [0.1, 0.15) is 0 Å². The summed E-state index contributed by atoms with van der Waals surface area (Å²) in [5.41, 5.74) is 0. The summed E-state index contributed by atoms with van der Waals surface area (Å²) in [6.07, 6.45) is 8.76. The second-order valence-electron chi connectivity index (χ2n) is 4.71. The third-order valence-corrected chi connectivity index (χ3v) is 5.15. The fraction of sp³-hybridized carbons (Fsp3) is 0.727. The number of hydrogen-bond acceptors (Lipinski definition) is 3. The Hall–Kier alpha value is -0.880. The zero-order valence-electron chi connectivity index (χ0n) is 10.1. The van der Waals surface area contributed by atoms with Crippen LogP contribution < -0.4 is 0 Å². The highest BCUT2D eigenvalue weighted by Gasteiger charge is 2.25. The minimum Gasteiger partial charge on any atom is -0.335 e. The van der Waals surface area contributed by atoms with Crippen LogP contribution in [-0.4, -0.2) is 36.3 Å². The lowest BCUT2D eigenvalue weighted by atomic mass is 9.89. The number of aromatic nitrogens is 2. The van der Waals surface area contributed by atoms with Crippen molar-refractivity contribution < 1.29 is 8.42 Å². The monoisotopic (exact) mass is 257 g/mol. The predicted molar refractivity (Wildman–Crippen MR) is 65.0 cm³/mol. The summed E-state index contributed by atoms with van der Waals surface area (Å²) in [6, 6.07) is 0. The molecule has 0 bridgehead atoms. The number of imidazole rings is 1. The summed E-state index contributed by atoms with van der Waals surface area (Å²) in [4.78, 5) is 6.41. The normalized spacial score (nSPS) is 18.7. The first-order valence-corrected chi connectivity index (χ1v) is 7.49. The summed E-state index contributed by atoms with van der Waals surface area (Å²) < 4.78 is 25.7. The summed E-state index contributed by atoms with van der Waals surface area (Å²) in [6.45, 7) is 0.612. The first-order valence-electron chi connectivity index (χ1n) is 6.05. The average Bonchev–Trinajstić information content (AvgIpc) is 2.84. The van der Waals surface area contributed by atoms with Crippen molar-refractivity contribution in [2.75, 3.05) is 13.6 Å². The van der Waals surface area contributed by atoms with E-state index in [-0.39, 0.29) is 5.03 Å². The van der Waals surface area contributed by atoms with E-state index in [0.29, 0.717) is 12.5 Å². The molecule has 0 spiro atoms. The van der Waals surface area contributed by atoms with Gasteiger partial charge in [0.2, 0.25) is 0 Å². The van der Waals surface area contributed by atoms with Gasteiger partial charge in [0.25, 0.3) is 10.0 Å². The van der Waals surface area contributed by atoms with Crippen LogP contribution in [-0.2, 0) is 10.0 Å². The van der Waals surface area contributed by atoms with E-state index >= 15 is 0 Å². The van der Waals surface area contributed by atoms with Crippen LogP contribution in [0.15, 0.2) is 17.6 Å². The van der Waals surface area contributed by atoms with Crippen molar-refractivity contribution in [3.8, 4) is 0 Å². The van der Waals surface area contributed by atoms with Crippen LogP contribution in [0.5, 0.6) is 0 Å². The molecule has 5 nitrogen and oxygen atoms in total. The van der Waals surface area contributed by atoms with E-state index in [4.69, 9.17) is 0 Å². The summed E-state index contributed by atoms with van der Waals surface area (Å²) >= 11 is 0. The number of hydrogen-bond donors (Lipinski definition) is 1. The molecule has 1 aliphatic rings. The smallest absolute Gasteiger partial charge is 0.259 e. The molecule has 1 aliphatic carbocycles. The fourth-order valence-electron chi connectivity index (χ4n) is 2.38. The first kappa shape index (κ1) is 12.6. The second kappa shape index (κ2) is 5.18. The molecular weight excluding hydrogens is 238 g/mol. The molecule has 1 aromatic rings. The minimum absolute atomic E-state index is 0.177. The van der Waals surface area contributed by atoms with Crippen molar-refractivity contribution >= 4 is 10.0 Å². The Morgan fingerprint density at radius 3 is 2.71 bits per heavy atom. The highest BCUT2D eigenvalue weighted by Crippen LogP contribution is 2.25. The minimum atomic E-state index is -3.38. The highest BCUT2D eigenvalue weighted by atomic mass is 32.2. The molecule has 0 radical (unpaired) electrons. The maximum Gasteiger partial charge on any atom is 0.259 e. The largest absolute Gasteiger partial charge is 0.335 e. The maximum atomic E-state index is 12.1. The Morgan fingerprint density at radius 2 is 2.12 bits per heavy atom. The van der Waals surface area contributed by atoms with Gasteiger partial charge >= 0.3 is 0 Å². The number of rotatable bonds is 4. The number of aromatic amines is 1. The molecular formula is C11H19N3O2S. The molecule has 0 atom stereocenters. The van der Waals surface area contributed by atoms with Gasteiger partial charge in [-0.2, -0.15) is 4.31 Å². The standard InChI is InChI=1S/C11H19N3O2S/c1-14(8-10-5-3-2-4-6-10)17(15,16)11-7-12-9-13-11/h7,9-10H,2-6,8H2,1H3,(H,12,13). The number of sulfonamides is 1. The molecule has 1 aromatic heterocycles. The molecule has 0 amide bonds. The molecule has 0 aliphatic heterocycles. The van der Waals surface area contributed by atoms with Crippen molar-refractivity contribution in [1.82, 2.24) is 14.3 Å². The molecule has 17 heavy (non-hydrogen) atoms. The van der Waals surface area contributed by atoms with Crippen LogP contribution in [0.2, 0.25) is 0 Å². The zero-order chi connectivity index (χ0) is 12.3. The van der Waals surface area contributed by atoms with Crippen LogP contribution in [0.25, 0.3) is 0 Å². The Balaban J connectivity index is 2.01. The van der Waals surface area contributed by atoms with Gasteiger partial charge in [-0.15, -0.1) is 0 Å². The van der Waals surface area contributed by atoms with E-state index in [2.05, 4.69) is 9.97 Å². The molecule has 1 saturated carbocycles. The summed E-state index contributed by atoms with van der Waals surface area (Å²) in [5.74, 6) is 0.506. The van der Waals surface area contributed by atoms with Crippen molar-refractivity contribution in [3.63, 3.8) is 0 Å². The summed E-state index contributed by atoms with van der Waals surface area (Å²) in [7, 11) is -1.74. The topological polar surface area (TPSA) is 66.1 Å². The van der Waals surface area contributed by atoms with E-state index < -0.39 is 10.0 Å². The molecule has 2 rings (SSSR count). The van der Waals surface area contributed by atoms with E-state index in [0.717, 1.165) is 12.8 Å². The third kappa shape index (κ3) is 2.87. The third-order valence-electron chi connectivity index (χ3n) is 3.40. The molecule has 0 unspecified atom stereocenters. The molecule has 96 valence electrons. The van der Waals surface area contributed by atoms with Gasteiger partial charge in [-0.25, -0.2) is 13.4 Å². The Morgan fingerprint density at radius 1 is 1.41 bits per heavy atom. The molecule has 1 fully saturated rings. The lowest BCUT2D eigenvalue weighted by Gasteiger charge is -2.26. The Bertz CT molecular complexity index is 435. The van der Waals surface area contributed by atoms with Gasteiger partial charge < -0.3 is 4.98 Å². The number of nitrogens with zero attached hydrogens (tertiary/aromatic N) is 2. The lowest BCUT2D eigenvalue weighted by molar-refractivity contribution is 0.299. The van der Waals surface area contributed by atoms with Gasteiger partial charge in [-0.05, 0) is 18.8 Å². The van der Waals surface area contributed by atoms with Crippen LogP contribution in [0, 0.1) is 5.92 Å². The molecule has 1 N–H and O–H groups in total. The first-order chi connectivity index (χ1) is 8.10. The molecule has 1 heterocycles. The van der Waals surface area contributed by atoms with Crippen LogP contribution >= 0.6 is 0 Å². The van der Waals surface area contributed by atoms with Crippen LogP contribution in [0.1, 0.15) is 32.1 Å². The predicted octanol–water partition coefficient (Wildman–Crippen LogP) is 1.61. The zero-order valence-corrected chi connectivity index (χ0v) is 10.9. The maximum absolute atomic E-state index is 12.1. The van der Waals surface area contributed by atoms with E-state index in [1.165, 1.54) is 36.1 Å². The highest BCUT2D eigenvalue weighted by molar-refractivity contribution is 7.89. The van der Waals surface area contributed by atoms with Crippen LogP contribution in [0.4, 0.5) is 0 Å². The Kier molecular flexibility index (Phi) is 3.83. The number of H-pyrrole nitrogens is 1.